The summed E-state index contributed by atoms with van der Waals surface area (Å²) < 4.78 is 12.8. The van der Waals surface area contributed by atoms with E-state index in [2.05, 4.69) is 15.7 Å². The Hall–Kier alpha value is -3.48. The zero-order valence-electron chi connectivity index (χ0n) is 16.4. The van der Waals surface area contributed by atoms with Gasteiger partial charge in [0.1, 0.15) is 0 Å². The zero-order chi connectivity index (χ0) is 20.1. The van der Waals surface area contributed by atoms with Gasteiger partial charge in [-0.15, -0.1) is 0 Å². The van der Waals surface area contributed by atoms with E-state index in [9.17, 15) is 4.79 Å². The highest BCUT2D eigenvalue weighted by molar-refractivity contribution is 6.00. The summed E-state index contributed by atoms with van der Waals surface area (Å²) in [7, 11) is 1.57. The highest BCUT2D eigenvalue weighted by Crippen LogP contribution is 2.31. The van der Waals surface area contributed by atoms with Crippen molar-refractivity contribution in [2.75, 3.05) is 17.7 Å². The number of nitrogens with one attached hydrogen (secondary N) is 2. The van der Waals surface area contributed by atoms with Crippen molar-refractivity contribution in [3.05, 3.63) is 60.4 Å². The van der Waals surface area contributed by atoms with E-state index in [1.54, 1.807) is 36.2 Å². The number of nitrogens with zero attached hydrogens (tertiary/aromatic N) is 2. The van der Waals surface area contributed by atoms with Crippen LogP contribution in [0, 0.1) is 6.92 Å². The molecular weight excluding hydrogens is 356 g/mol. The Morgan fingerprint density at radius 3 is 2.57 bits per heavy atom. The van der Waals surface area contributed by atoms with Crippen LogP contribution in [0.5, 0.6) is 11.5 Å². The fraction of sp³-hybridized carbons (Fsp3) is 0.238. The first-order valence-electron chi connectivity index (χ1n) is 8.99. The molecule has 28 heavy (non-hydrogen) atoms. The van der Waals surface area contributed by atoms with Gasteiger partial charge in [-0.1, -0.05) is 0 Å². The second-order valence-corrected chi connectivity index (χ2v) is 6.56. The molecule has 0 aliphatic carbocycles. The average Bonchev–Trinajstić information content (AvgIpc) is 3.19. The maximum atomic E-state index is 12.4. The first-order valence-corrected chi connectivity index (χ1v) is 8.99. The van der Waals surface area contributed by atoms with Crippen molar-refractivity contribution in [1.29, 1.82) is 0 Å². The Kier molecular flexibility index (Phi) is 5.84. The number of hydrogen-bond donors (Lipinski definition) is 2. The van der Waals surface area contributed by atoms with Gasteiger partial charge in [-0.3, -0.25) is 0 Å². The molecule has 2 aromatic carbocycles. The third-order valence-corrected chi connectivity index (χ3v) is 4.01. The number of aryl methyl sites for hydroxylation is 1. The minimum atomic E-state index is -0.338. The minimum Gasteiger partial charge on any atom is -0.493 e. The van der Waals surface area contributed by atoms with Crippen LogP contribution in [0.15, 0.2) is 54.9 Å². The van der Waals surface area contributed by atoms with Crippen LogP contribution in [-0.2, 0) is 0 Å². The lowest BCUT2D eigenvalue weighted by Gasteiger charge is -2.15. The molecule has 0 saturated heterocycles. The lowest BCUT2D eigenvalue weighted by molar-refractivity contribution is 0.230. The number of amides is 2. The fourth-order valence-corrected chi connectivity index (χ4v) is 2.73. The van der Waals surface area contributed by atoms with E-state index < -0.39 is 0 Å². The molecule has 3 rings (SSSR count). The van der Waals surface area contributed by atoms with Gasteiger partial charge in [0, 0.05) is 29.8 Å². The monoisotopic (exact) mass is 380 g/mol. The Labute approximate surface area is 164 Å². The number of benzene rings is 2. The number of hydrogen-bond acceptors (Lipinski definition) is 4. The number of carbonyl (C=O) groups is 1. The summed E-state index contributed by atoms with van der Waals surface area (Å²) in [5.41, 5.74) is 3.19. The zero-order valence-corrected chi connectivity index (χ0v) is 16.4. The first-order chi connectivity index (χ1) is 13.5. The molecule has 0 aliphatic rings. The molecular formula is C21H24N4O3. The molecule has 2 N–H and O–H groups in total. The summed E-state index contributed by atoms with van der Waals surface area (Å²) in [4.78, 5) is 12.4. The number of methoxy groups -OCH3 is 1. The molecule has 0 saturated carbocycles. The molecule has 0 atom stereocenters. The molecule has 146 valence electrons. The first kappa shape index (κ1) is 19.3. The molecule has 0 unspecified atom stereocenters. The van der Waals surface area contributed by atoms with E-state index in [-0.39, 0.29) is 12.1 Å². The predicted molar refractivity (Wildman–Crippen MR) is 110 cm³/mol. The van der Waals surface area contributed by atoms with Crippen LogP contribution in [-0.4, -0.2) is 29.0 Å². The van der Waals surface area contributed by atoms with Crippen molar-refractivity contribution in [1.82, 2.24) is 9.78 Å². The van der Waals surface area contributed by atoms with E-state index in [1.165, 1.54) is 0 Å². The number of anilines is 2. The molecule has 0 spiro atoms. The molecule has 7 nitrogen and oxygen atoms in total. The highest BCUT2D eigenvalue weighted by atomic mass is 16.5. The van der Waals surface area contributed by atoms with Crippen LogP contribution in [0.1, 0.15) is 19.4 Å². The average molecular weight is 380 g/mol. The highest BCUT2D eigenvalue weighted by Gasteiger charge is 2.11. The summed E-state index contributed by atoms with van der Waals surface area (Å²) in [6, 6.07) is 12.5. The third kappa shape index (κ3) is 4.62. The van der Waals surface area contributed by atoms with Crippen molar-refractivity contribution in [2.45, 2.75) is 26.9 Å². The van der Waals surface area contributed by atoms with Gasteiger partial charge in [-0.25, -0.2) is 9.48 Å². The van der Waals surface area contributed by atoms with Crippen molar-refractivity contribution < 1.29 is 14.3 Å². The lowest BCUT2D eigenvalue weighted by atomic mass is 10.2. The summed E-state index contributed by atoms with van der Waals surface area (Å²) in [5, 5.41) is 9.89. The maximum absolute atomic E-state index is 12.4. The Morgan fingerprint density at radius 1 is 1.11 bits per heavy atom. The Morgan fingerprint density at radius 2 is 1.93 bits per heavy atom. The van der Waals surface area contributed by atoms with Gasteiger partial charge < -0.3 is 20.1 Å². The fourth-order valence-electron chi connectivity index (χ4n) is 2.73. The van der Waals surface area contributed by atoms with Crippen molar-refractivity contribution in [2.24, 2.45) is 0 Å². The largest absolute Gasteiger partial charge is 0.493 e. The molecule has 1 heterocycles. The second-order valence-electron chi connectivity index (χ2n) is 6.56. The number of ether oxygens (including phenoxy) is 2. The molecule has 0 bridgehead atoms. The van der Waals surface area contributed by atoms with E-state index in [0.717, 1.165) is 16.9 Å². The van der Waals surface area contributed by atoms with Gasteiger partial charge in [-0.2, -0.15) is 5.10 Å². The van der Waals surface area contributed by atoms with Crippen LogP contribution < -0.4 is 20.1 Å². The van der Waals surface area contributed by atoms with Crippen LogP contribution in [0.25, 0.3) is 5.69 Å². The van der Waals surface area contributed by atoms with E-state index >= 15 is 0 Å². The molecule has 7 heteroatoms. The van der Waals surface area contributed by atoms with E-state index in [0.29, 0.717) is 17.2 Å². The van der Waals surface area contributed by atoms with Gasteiger partial charge in [0.15, 0.2) is 11.5 Å². The number of rotatable bonds is 6. The lowest BCUT2D eigenvalue weighted by Crippen LogP contribution is -2.20. The number of aromatic nitrogens is 2. The predicted octanol–water partition coefficient (Wildman–Crippen LogP) is 4.62. The van der Waals surface area contributed by atoms with Gasteiger partial charge >= 0.3 is 6.03 Å². The van der Waals surface area contributed by atoms with Crippen molar-refractivity contribution in [3.63, 3.8) is 0 Å². The van der Waals surface area contributed by atoms with Gasteiger partial charge in [0.2, 0.25) is 0 Å². The molecule has 0 fully saturated rings. The molecule has 2 amide bonds. The van der Waals surface area contributed by atoms with Crippen LogP contribution >= 0.6 is 0 Å². The quantitative estimate of drug-likeness (QED) is 0.654. The number of urea groups is 1. The molecule has 0 aliphatic heterocycles. The number of carbonyl (C=O) groups excluding carboxylic acids is 1. The molecule has 0 radical (unpaired) electrons. The van der Waals surface area contributed by atoms with Crippen LogP contribution in [0.4, 0.5) is 16.2 Å². The minimum absolute atomic E-state index is 0.0312. The summed E-state index contributed by atoms with van der Waals surface area (Å²) >= 11 is 0. The SMILES string of the molecule is COc1cc(NC(=O)Nc2ccc(-n3cccn3)cc2C)ccc1OC(C)C. The molecule has 1 aromatic heterocycles. The van der Waals surface area contributed by atoms with Gasteiger partial charge in [0.25, 0.3) is 0 Å². The van der Waals surface area contributed by atoms with Gasteiger partial charge in [0.05, 0.1) is 18.9 Å². The molecule has 3 aromatic rings. The normalized spacial score (nSPS) is 10.6. The van der Waals surface area contributed by atoms with Crippen molar-refractivity contribution >= 4 is 17.4 Å². The van der Waals surface area contributed by atoms with E-state index in [4.69, 9.17) is 9.47 Å². The van der Waals surface area contributed by atoms with Crippen molar-refractivity contribution in [3.8, 4) is 17.2 Å². The topological polar surface area (TPSA) is 77.4 Å². The smallest absolute Gasteiger partial charge is 0.323 e. The third-order valence-electron chi connectivity index (χ3n) is 4.01. The van der Waals surface area contributed by atoms with Crippen LogP contribution in [0.2, 0.25) is 0 Å². The van der Waals surface area contributed by atoms with Crippen LogP contribution in [0.3, 0.4) is 0 Å². The standard InChI is InChI=1S/C21H24N4O3/c1-14(2)28-19-9-6-16(13-20(19)27-4)23-21(26)24-18-8-7-17(12-15(18)3)25-11-5-10-22-25/h5-14H,1-4H3,(H2,23,24,26). The summed E-state index contributed by atoms with van der Waals surface area (Å²) in [5.74, 6) is 1.19. The second kappa shape index (κ2) is 8.47. The maximum Gasteiger partial charge on any atom is 0.323 e. The Bertz CT molecular complexity index is 952. The van der Waals surface area contributed by atoms with E-state index in [1.807, 2.05) is 51.2 Å². The summed E-state index contributed by atoms with van der Waals surface area (Å²) in [6.45, 7) is 5.82. The van der Waals surface area contributed by atoms with Gasteiger partial charge in [-0.05, 0) is 62.7 Å². The summed E-state index contributed by atoms with van der Waals surface area (Å²) in [6.07, 6.45) is 3.62. The Balaban J connectivity index is 1.68.